The van der Waals surface area contributed by atoms with Crippen molar-refractivity contribution in [3.63, 3.8) is 0 Å². The van der Waals surface area contributed by atoms with Crippen LogP contribution in [0.2, 0.25) is 0 Å². The highest BCUT2D eigenvalue weighted by Crippen LogP contribution is 2.33. The van der Waals surface area contributed by atoms with Crippen molar-refractivity contribution < 1.29 is 18.8 Å². The second-order valence-electron chi connectivity index (χ2n) is 12.5. The van der Waals surface area contributed by atoms with Crippen molar-refractivity contribution in [1.29, 1.82) is 0 Å². The third kappa shape index (κ3) is 6.41. The van der Waals surface area contributed by atoms with Gasteiger partial charge >= 0.3 is 5.76 Å². The Morgan fingerprint density at radius 2 is 1.84 bits per heavy atom. The van der Waals surface area contributed by atoms with Gasteiger partial charge in [0.1, 0.15) is 11.5 Å². The molecule has 1 aliphatic carbocycles. The molecular formula is C34H38FN5O5. The molecular weight excluding hydrogens is 577 g/mol. The summed E-state index contributed by atoms with van der Waals surface area (Å²) >= 11 is 0. The van der Waals surface area contributed by atoms with Crippen LogP contribution in [-0.2, 0) is 17.6 Å². The van der Waals surface area contributed by atoms with Crippen LogP contribution in [0.3, 0.4) is 0 Å². The van der Waals surface area contributed by atoms with Gasteiger partial charge in [0, 0.05) is 29.7 Å². The molecule has 236 valence electrons. The van der Waals surface area contributed by atoms with Crippen LogP contribution in [0.25, 0.3) is 28.2 Å². The van der Waals surface area contributed by atoms with Gasteiger partial charge in [0.05, 0.1) is 30.2 Å². The number of benzene rings is 2. The lowest BCUT2D eigenvalue weighted by molar-refractivity contribution is -0.0654. The maximum atomic E-state index is 15.9. The number of ether oxygens (including phenoxy) is 1. The molecule has 11 heteroatoms. The molecule has 0 spiro atoms. The van der Waals surface area contributed by atoms with Crippen LogP contribution in [-0.4, -0.2) is 47.7 Å². The van der Waals surface area contributed by atoms with E-state index >= 15 is 4.39 Å². The molecule has 0 bridgehead atoms. The van der Waals surface area contributed by atoms with Crippen molar-refractivity contribution in [2.24, 2.45) is 0 Å². The van der Waals surface area contributed by atoms with E-state index in [0.29, 0.717) is 34.2 Å². The molecule has 0 atom stereocenters. The van der Waals surface area contributed by atoms with Gasteiger partial charge in [-0.1, -0.05) is 54.9 Å². The highest BCUT2D eigenvalue weighted by atomic mass is 19.1. The highest BCUT2D eigenvalue weighted by molar-refractivity contribution is 5.80. The Labute approximate surface area is 259 Å². The van der Waals surface area contributed by atoms with Crippen LogP contribution >= 0.6 is 0 Å². The summed E-state index contributed by atoms with van der Waals surface area (Å²) in [7, 11) is 0. The van der Waals surface area contributed by atoms with Gasteiger partial charge in [-0.05, 0) is 68.7 Å². The third-order valence-electron chi connectivity index (χ3n) is 8.47. The molecule has 1 fully saturated rings. The minimum atomic E-state index is -0.893. The molecule has 2 aromatic carbocycles. The lowest BCUT2D eigenvalue weighted by Crippen LogP contribution is -2.36. The highest BCUT2D eigenvalue weighted by Gasteiger charge is 2.29. The first-order valence-electron chi connectivity index (χ1n) is 15.5. The molecule has 6 rings (SSSR count). The Balaban J connectivity index is 1.33. The second-order valence-corrected chi connectivity index (χ2v) is 12.5. The summed E-state index contributed by atoms with van der Waals surface area (Å²) in [6, 6.07) is 14.0. The van der Waals surface area contributed by atoms with Gasteiger partial charge < -0.3 is 9.84 Å². The van der Waals surface area contributed by atoms with Crippen LogP contribution in [0, 0.1) is 5.82 Å². The average molecular weight is 616 g/mol. The Kier molecular flexibility index (Phi) is 8.56. The van der Waals surface area contributed by atoms with Crippen molar-refractivity contribution in [1.82, 2.24) is 24.3 Å². The number of aryl methyl sites for hydroxylation is 1. The van der Waals surface area contributed by atoms with Crippen LogP contribution in [0.4, 0.5) is 4.39 Å². The van der Waals surface area contributed by atoms with E-state index in [1.165, 1.54) is 6.07 Å². The van der Waals surface area contributed by atoms with Gasteiger partial charge in [-0.2, -0.15) is 5.10 Å². The molecule has 3 heterocycles. The van der Waals surface area contributed by atoms with Gasteiger partial charge in [0.25, 0.3) is 5.56 Å². The average Bonchev–Trinajstić information content (AvgIpc) is 3.68. The van der Waals surface area contributed by atoms with Gasteiger partial charge in [-0.3, -0.25) is 18.9 Å². The summed E-state index contributed by atoms with van der Waals surface area (Å²) in [5.74, 6) is -0.847. The summed E-state index contributed by atoms with van der Waals surface area (Å²) in [5.41, 5.74) is 3.37. The molecule has 0 aliphatic heterocycles. The van der Waals surface area contributed by atoms with Crippen LogP contribution in [0.1, 0.15) is 75.7 Å². The normalized spacial score (nSPS) is 17.3. The second kappa shape index (κ2) is 12.6. The molecule has 0 unspecified atom stereocenters. The topological polar surface area (TPSA) is 128 Å². The van der Waals surface area contributed by atoms with E-state index in [1.54, 1.807) is 38.2 Å². The van der Waals surface area contributed by atoms with E-state index in [0.717, 1.165) is 43.4 Å². The standard InChI is InChI=1S/C34H38FN5O5/c1-4-7-29-27(18-22-11-10-21(19-28(22)35)25-8-5-6-9-26(25)31-37-33(42)45-38-31)32(41)39(30-16-17-36-40(29)30)23-12-14-24(15-13-23)44-20-34(2,3)43/h5-6,8-11,16-17,19,23-24,43H,4,7,12-15,18,20H2,1-3H3,(H,37,38,42). The lowest BCUT2D eigenvalue weighted by Gasteiger charge is -2.32. The number of aliphatic hydroxyl groups is 1. The molecule has 2 N–H and O–H groups in total. The Morgan fingerprint density at radius 1 is 1.09 bits per heavy atom. The number of rotatable bonds is 10. The number of halogens is 1. The van der Waals surface area contributed by atoms with E-state index < -0.39 is 17.2 Å². The third-order valence-corrected chi connectivity index (χ3v) is 8.47. The zero-order valence-corrected chi connectivity index (χ0v) is 25.8. The molecule has 1 aliphatic rings. The first-order chi connectivity index (χ1) is 21.6. The maximum absolute atomic E-state index is 15.9. The van der Waals surface area contributed by atoms with Gasteiger partial charge in [0.15, 0.2) is 5.82 Å². The van der Waals surface area contributed by atoms with Crippen LogP contribution in [0.15, 0.2) is 68.8 Å². The molecule has 0 radical (unpaired) electrons. The molecule has 0 saturated heterocycles. The summed E-state index contributed by atoms with van der Waals surface area (Å²) in [4.78, 5) is 28.4. The van der Waals surface area contributed by atoms with Crippen molar-refractivity contribution in [3.05, 3.63) is 98.3 Å². The zero-order chi connectivity index (χ0) is 31.7. The van der Waals surface area contributed by atoms with Gasteiger partial charge in [0.2, 0.25) is 0 Å². The predicted octanol–water partition coefficient (Wildman–Crippen LogP) is 5.46. The number of hydrogen-bond acceptors (Lipinski definition) is 7. The van der Waals surface area contributed by atoms with E-state index in [2.05, 4.69) is 26.7 Å². The molecule has 10 nitrogen and oxygen atoms in total. The fourth-order valence-corrected chi connectivity index (χ4v) is 6.34. The number of hydrogen-bond donors (Lipinski definition) is 2. The van der Waals surface area contributed by atoms with Crippen molar-refractivity contribution in [2.75, 3.05) is 6.61 Å². The number of fused-ring (bicyclic) bond motifs is 1. The van der Waals surface area contributed by atoms with E-state index in [9.17, 15) is 14.7 Å². The number of aromatic amines is 1. The summed E-state index contributed by atoms with van der Waals surface area (Å²) in [5, 5.41) is 18.5. The van der Waals surface area contributed by atoms with Crippen LogP contribution in [0.5, 0.6) is 0 Å². The minimum absolute atomic E-state index is 0.0328. The zero-order valence-electron chi connectivity index (χ0n) is 25.8. The summed E-state index contributed by atoms with van der Waals surface area (Å²) in [6.07, 6.45) is 6.36. The van der Waals surface area contributed by atoms with Crippen LogP contribution < -0.4 is 11.3 Å². The molecule has 0 amide bonds. The molecule has 5 aromatic rings. The molecule has 3 aromatic heterocycles. The number of aromatic nitrogens is 5. The molecule has 45 heavy (non-hydrogen) atoms. The summed E-state index contributed by atoms with van der Waals surface area (Å²) in [6.45, 7) is 5.77. The largest absolute Gasteiger partial charge is 0.439 e. The fourth-order valence-electron chi connectivity index (χ4n) is 6.34. The summed E-state index contributed by atoms with van der Waals surface area (Å²) < 4.78 is 30.2. The first kappa shape index (κ1) is 30.7. The van der Waals surface area contributed by atoms with Gasteiger partial charge in [-0.15, -0.1) is 0 Å². The molecule has 1 saturated carbocycles. The lowest BCUT2D eigenvalue weighted by atomic mass is 9.92. The number of nitrogens with zero attached hydrogens (tertiary/aromatic N) is 4. The van der Waals surface area contributed by atoms with E-state index in [4.69, 9.17) is 4.74 Å². The maximum Gasteiger partial charge on any atom is 0.439 e. The van der Waals surface area contributed by atoms with Crippen molar-refractivity contribution in [2.45, 2.75) is 83.5 Å². The smallest absolute Gasteiger partial charge is 0.388 e. The van der Waals surface area contributed by atoms with E-state index in [-0.39, 0.29) is 36.6 Å². The number of H-pyrrole nitrogens is 1. The fraction of sp³-hybridized carbons (Fsp3) is 0.412. The SMILES string of the molecule is CCCc1c(Cc2ccc(-c3ccccc3-c3noc(=O)[nH]3)cc2F)c(=O)n(C2CCC(OCC(C)(C)O)CC2)c2ccnn12. The van der Waals surface area contributed by atoms with Crippen molar-refractivity contribution >= 4 is 5.65 Å². The minimum Gasteiger partial charge on any atom is -0.388 e. The van der Waals surface area contributed by atoms with E-state index in [1.807, 2.05) is 33.3 Å². The Hall–Kier alpha value is -4.35. The predicted molar refractivity (Wildman–Crippen MR) is 168 cm³/mol. The van der Waals surface area contributed by atoms with Crippen molar-refractivity contribution in [3.8, 4) is 22.5 Å². The monoisotopic (exact) mass is 615 g/mol. The quantitative estimate of drug-likeness (QED) is 0.214. The number of nitrogens with one attached hydrogen (secondary N) is 1. The Bertz CT molecular complexity index is 1920. The van der Waals surface area contributed by atoms with Gasteiger partial charge in [-0.25, -0.2) is 13.7 Å². The Morgan fingerprint density at radius 3 is 2.51 bits per heavy atom. The first-order valence-corrected chi connectivity index (χ1v) is 15.5.